The predicted octanol–water partition coefficient (Wildman–Crippen LogP) is 1.10. The Morgan fingerprint density at radius 2 is 2.00 bits per heavy atom. The number of aliphatic hydroxyl groups is 1. The van der Waals surface area contributed by atoms with Crippen LogP contribution in [0.5, 0.6) is 0 Å². The molecule has 1 aromatic heterocycles. The molecule has 1 aromatic rings. The molecule has 2 fully saturated rings. The van der Waals surface area contributed by atoms with E-state index in [9.17, 15) is 14.7 Å². The van der Waals surface area contributed by atoms with Crippen LogP contribution in [0.4, 0.5) is 5.13 Å². The molecule has 2 aliphatic heterocycles. The summed E-state index contributed by atoms with van der Waals surface area (Å²) in [6, 6.07) is 0. The first-order chi connectivity index (χ1) is 12.9. The number of aromatic nitrogens is 1. The number of carbonyl (C=O) groups is 2. The van der Waals surface area contributed by atoms with E-state index in [1.54, 1.807) is 11.8 Å². The molecule has 9 heteroatoms. The summed E-state index contributed by atoms with van der Waals surface area (Å²) in [6.45, 7) is 8.08. The van der Waals surface area contributed by atoms with Gasteiger partial charge in [0, 0.05) is 39.6 Å². The fraction of sp³-hybridized carbons (Fsp3) is 0.722. The van der Waals surface area contributed by atoms with Gasteiger partial charge in [0.2, 0.25) is 5.91 Å². The molecule has 2 amide bonds. The third-order valence-electron chi connectivity index (χ3n) is 5.10. The van der Waals surface area contributed by atoms with E-state index >= 15 is 0 Å². The van der Waals surface area contributed by atoms with Gasteiger partial charge in [-0.2, -0.15) is 0 Å². The van der Waals surface area contributed by atoms with Gasteiger partial charge in [-0.3, -0.25) is 14.5 Å². The van der Waals surface area contributed by atoms with E-state index in [-0.39, 0.29) is 11.8 Å². The minimum Gasteiger partial charge on any atom is -0.388 e. The molecule has 0 saturated carbocycles. The number of rotatable bonds is 4. The van der Waals surface area contributed by atoms with Crippen molar-refractivity contribution in [1.82, 2.24) is 14.8 Å². The Bertz CT molecular complexity index is 689. The number of nitrogens with zero attached hydrogens (tertiary/aromatic N) is 3. The van der Waals surface area contributed by atoms with Crippen LogP contribution in [0.25, 0.3) is 0 Å². The standard InChI is InChI=1S/C18H28N4O4S/c1-13-15(27-17(19-13)20-14(2)23)16(24)22-6-3-4-18(25,5-7-22)12-21-8-10-26-11-9-21/h25H,3-12H2,1-2H3,(H,19,20,23). The van der Waals surface area contributed by atoms with Crippen molar-refractivity contribution in [1.29, 1.82) is 0 Å². The van der Waals surface area contributed by atoms with E-state index in [1.165, 1.54) is 18.3 Å². The van der Waals surface area contributed by atoms with Crippen molar-refractivity contribution in [2.45, 2.75) is 38.7 Å². The SMILES string of the molecule is CC(=O)Nc1nc(C)c(C(=O)N2CCCC(O)(CN3CCOCC3)CC2)s1. The zero-order valence-electron chi connectivity index (χ0n) is 16.0. The lowest BCUT2D eigenvalue weighted by atomic mass is 9.94. The number of thiazole rings is 1. The maximum atomic E-state index is 12.9. The summed E-state index contributed by atoms with van der Waals surface area (Å²) in [6.07, 6.45) is 2.02. The Morgan fingerprint density at radius 3 is 2.70 bits per heavy atom. The Labute approximate surface area is 163 Å². The normalized spacial score (nSPS) is 24.5. The molecule has 2 saturated heterocycles. The smallest absolute Gasteiger partial charge is 0.265 e. The molecule has 27 heavy (non-hydrogen) atoms. The quantitative estimate of drug-likeness (QED) is 0.791. The molecule has 3 rings (SSSR count). The van der Waals surface area contributed by atoms with Crippen LogP contribution in [0, 0.1) is 6.92 Å². The lowest BCUT2D eigenvalue weighted by Crippen LogP contribution is -2.48. The number of β-amino-alcohol motifs (C(OH)–C–C–N with tert-alkyl or cyclic N) is 1. The zero-order chi connectivity index (χ0) is 19.4. The molecule has 0 aliphatic carbocycles. The van der Waals surface area contributed by atoms with Crippen LogP contribution >= 0.6 is 11.3 Å². The molecule has 0 aromatic carbocycles. The third-order valence-corrected chi connectivity index (χ3v) is 6.16. The van der Waals surface area contributed by atoms with E-state index in [0.717, 1.165) is 19.5 Å². The Morgan fingerprint density at radius 1 is 1.26 bits per heavy atom. The van der Waals surface area contributed by atoms with E-state index in [2.05, 4.69) is 15.2 Å². The number of hydrogen-bond acceptors (Lipinski definition) is 7. The Hall–Kier alpha value is -1.55. The molecule has 1 atom stereocenters. The second-order valence-corrected chi connectivity index (χ2v) is 8.37. The van der Waals surface area contributed by atoms with Gasteiger partial charge in [0.1, 0.15) is 4.88 Å². The maximum absolute atomic E-state index is 12.9. The van der Waals surface area contributed by atoms with Gasteiger partial charge in [-0.1, -0.05) is 11.3 Å². The Kier molecular flexibility index (Phi) is 6.46. The maximum Gasteiger partial charge on any atom is 0.265 e. The second kappa shape index (κ2) is 8.64. The third kappa shape index (κ3) is 5.25. The van der Waals surface area contributed by atoms with Gasteiger partial charge in [0.05, 0.1) is 24.5 Å². The van der Waals surface area contributed by atoms with Gasteiger partial charge < -0.3 is 20.1 Å². The summed E-state index contributed by atoms with van der Waals surface area (Å²) < 4.78 is 5.37. The van der Waals surface area contributed by atoms with Crippen LogP contribution in [0.2, 0.25) is 0 Å². The summed E-state index contributed by atoms with van der Waals surface area (Å²) in [5.74, 6) is -0.275. The summed E-state index contributed by atoms with van der Waals surface area (Å²) in [5, 5.41) is 14.1. The highest BCUT2D eigenvalue weighted by Crippen LogP contribution is 2.28. The van der Waals surface area contributed by atoms with E-state index in [1.807, 2.05) is 0 Å². The number of morpholine rings is 1. The number of anilines is 1. The largest absolute Gasteiger partial charge is 0.388 e. The number of amides is 2. The molecule has 0 radical (unpaired) electrons. The molecule has 2 N–H and O–H groups in total. The van der Waals surface area contributed by atoms with Crippen LogP contribution in [-0.4, -0.2) is 83.2 Å². The number of ether oxygens (including phenoxy) is 1. The van der Waals surface area contributed by atoms with Crippen molar-refractivity contribution in [3.8, 4) is 0 Å². The van der Waals surface area contributed by atoms with Gasteiger partial charge in [-0.15, -0.1) is 0 Å². The van der Waals surface area contributed by atoms with Gasteiger partial charge >= 0.3 is 0 Å². The average molecular weight is 397 g/mol. The molecule has 2 aliphatic rings. The average Bonchev–Trinajstić information content (AvgIpc) is 2.85. The molecule has 150 valence electrons. The molecular formula is C18H28N4O4S. The van der Waals surface area contributed by atoms with E-state index < -0.39 is 5.60 Å². The monoisotopic (exact) mass is 396 g/mol. The van der Waals surface area contributed by atoms with Crippen molar-refractivity contribution in [3.05, 3.63) is 10.6 Å². The van der Waals surface area contributed by atoms with Crippen molar-refractivity contribution < 1.29 is 19.4 Å². The minimum atomic E-state index is -0.767. The fourth-order valence-corrected chi connectivity index (χ4v) is 4.64. The number of aryl methyl sites for hydroxylation is 1. The van der Waals surface area contributed by atoms with Gasteiger partial charge in [-0.25, -0.2) is 4.98 Å². The molecule has 3 heterocycles. The van der Waals surface area contributed by atoms with E-state index in [4.69, 9.17) is 4.74 Å². The minimum absolute atomic E-state index is 0.0720. The molecule has 8 nitrogen and oxygen atoms in total. The molecule has 0 bridgehead atoms. The Balaban J connectivity index is 1.62. The number of nitrogens with one attached hydrogen (secondary N) is 1. The van der Waals surface area contributed by atoms with Gasteiger partial charge in [0.25, 0.3) is 5.91 Å². The number of hydrogen-bond donors (Lipinski definition) is 2. The van der Waals surface area contributed by atoms with Crippen molar-refractivity contribution in [3.63, 3.8) is 0 Å². The first kappa shape index (κ1) is 20.2. The first-order valence-electron chi connectivity index (χ1n) is 9.43. The topological polar surface area (TPSA) is 95.0 Å². The highest BCUT2D eigenvalue weighted by molar-refractivity contribution is 7.17. The van der Waals surface area contributed by atoms with Crippen molar-refractivity contribution >= 4 is 28.3 Å². The summed E-state index contributed by atoms with van der Waals surface area (Å²) in [4.78, 5) is 33.0. The molecular weight excluding hydrogens is 368 g/mol. The highest BCUT2D eigenvalue weighted by Gasteiger charge is 2.34. The summed E-state index contributed by atoms with van der Waals surface area (Å²) >= 11 is 1.21. The highest BCUT2D eigenvalue weighted by atomic mass is 32.1. The fourth-order valence-electron chi connectivity index (χ4n) is 3.66. The number of likely N-dealkylation sites (tertiary alicyclic amines) is 1. The summed E-state index contributed by atoms with van der Waals surface area (Å²) in [5.41, 5.74) is -0.141. The van der Waals surface area contributed by atoms with Crippen LogP contribution in [0.15, 0.2) is 0 Å². The lowest BCUT2D eigenvalue weighted by Gasteiger charge is -2.35. The second-order valence-electron chi connectivity index (χ2n) is 7.37. The predicted molar refractivity (Wildman–Crippen MR) is 103 cm³/mol. The van der Waals surface area contributed by atoms with Crippen molar-refractivity contribution in [2.24, 2.45) is 0 Å². The van der Waals surface area contributed by atoms with Gasteiger partial charge in [-0.05, 0) is 26.2 Å². The van der Waals surface area contributed by atoms with Crippen molar-refractivity contribution in [2.75, 3.05) is 51.3 Å². The lowest BCUT2D eigenvalue weighted by molar-refractivity contribution is -0.114. The van der Waals surface area contributed by atoms with E-state index in [0.29, 0.717) is 61.4 Å². The zero-order valence-corrected chi connectivity index (χ0v) is 16.8. The number of carbonyl (C=O) groups excluding carboxylic acids is 2. The molecule has 0 spiro atoms. The van der Waals surface area contributed by atoms with Crippen LogP contribution in [0.1, 0.15) is 41.6 Å². The molecule has 1 unspecified atom stereocenters. The first-order valence-corrected chi connectivity index (χ1v) is 10.2. The van der Waals surface area contributed by atoms with Gasteiger partial charge in [0.15, 0.2) is 5.13 Å². The summed E-state index contributed by atoms with van der Waals surface area (Å²) in [7, 11) is 0. The van der Waals surface area contributed by atoms with Crippen LogP contribution in [0.3, 0.4) is 0 Å². The van der Waals surface area contributed by atoms with Crippen LogP contribution < -0.4 is 5.32 Å². The van der Waals surface area contributed by atoms with Crippen LogP contribution in [-0.2, 0) is 9.53 Å².